The minimum absolute atomic E-state index is 0.186. The van der Waals surface area contributed by atoms with Crippen molar-refractivity contribution in [2.24, 2.45) is 0 Å². The van der Waals surface area contributed by atoms with E-state index in [-0.39, 0.29) is 12.5 Å². The van der Waals surface area contributed by atoms with Crippen molar-refractivity contribution < 1.29 is 18.0 Å². The third-order valence-electron chi connectivity index (χ3n) is 5.53. The Balaban J connectivity index is 2.39. The molecule has 0 unspecified atom stereocenters. The summed E-state index contributed by atoms with van der Waals surface area (Å²) in [6.07, 6.45) is 3.22. The summed E-state index contributed by atoms with van der Waals surface area (Å²) in [5.41, 5.74) is 1.94. The Bertz CT molecular complexity index is 1080. The van der Waals surface area contributed by atoms with Crippen molar-refractivity contribution in [2.75, 3.05) is 23.7 Å². The standard InChI is InChI=1S/C25H34ClN3O4S/c1-5-7-15-27-25(31)23(6-2)28(17-20-11-9-8-10-12-20)24(30)18-29(34(4,32)33)21-14-13-19(3)22(26)16-21/h8-14,16,23H,5-7,15,17-18H2,1-4H3,(H,27,31)/t23-/m0/s1. The van der Waals surface area contributed by atoms with Crippen LogP contribution in [0, 0.1) is 6.92 Å². The molecule has 0 aliphatic rings. The molecule has 1 N–H and O–H groups in total. The first kappa shape index (κ1) is 27.7. The van der Waals surface area contributed by atoms with Crippen molar-refractivity contribution in [3.63, 3.8) is 0 Å². The zero-order valence-electron chi connectivity index (χ0n) is 20.3. The Hall–Kier alpha value is -2.58. The smallest absolute Gasteiger partial charge is 0.244 e. The molecule has 0 saturated heterocycles. The van der Waals surface area contributed by atoms with Crippen LogP contribution in [-0.4, -0.2) is 50.5 Å². The van der Waals surface area contributed by atoms with Crippen LogP contribution in [0.5, 0.6) is 0 Å². The first-order valence-electron chi connectivity index (χ1n) is 11.4. The van der Waals surface area contributed by atoms with Gasteiger partial charge in [0.1, 0.15) is 12.6 Å². The zero-order valence-corrected chi connectivity index (χ0v) is 21.8. The molecule has 0 fully saturated rings. The van der Waals surface area contributed by atoms with Crippen molar-refractivity contribution >= 4 is 39.1 Å². The number of aryl methyl sites for hydroxylation is 1. The number of hydrogen-bond acceptors (Lipinski definition) is 4. The van der Waals surface area contributed by atoms with Crippen LogP contribution in [-0.2, 0) is 26.2 Å². The minimum Gasteiger partial charge on any atom is -0.354 e. The van der Waals surface area contributed by atoms with Crippen LogP contribution in [0.25, 0.3) is 0 Å². The number of hydrogen-bond donors (Lipinski definition) is 1. The summed E-state index contributed by atoms with van der Waals surface area (Å²) in [4.78, 5) is 28.0. The summed E-state index contributed by atoms with van der Waals surface area (Å²) >= 11 is 6.22. The van der Waals surface area contributed by atoms with Crippen molar-refractivity contribution in [2.45, 2.75) is 52.6 Å². The van der Waals surface area contributed by atoms with Crippen LogP contribution in [0.3, 0.4) is 0 Å². The molecule has 0 heterocycles. The number of anilines is 1. The van der Waals surface area contributed by atoms with Crippen molar-refractivity contribution in [3.8, 4) is 0 Å². The van der Waals surface area contributed by atoms with Gasteiger partial charge in [0.05, 0.1) is 11.9 Å². The lowest BCUT2D eigenvalue weighted by molar-refractivity contribution is -0.140. The van der Waals surface area contributed by atoms with Gasteiger partial charge in [0.2, 0.25) is 21.8 Å². The number of halogens is 1. The molecule has 0 spiro atoms. The second-order valence-electron chi connectivity index (χ2n) is 8.28. The molecular formula is C25H34ClN3O4S. The summed E-state index contributed by atoms with van der Waals surface area (Å²) in [5, 5.41) is 3.31. The molecule has 7 nitrogen and oxygen atoms in total. The lowest BCUT2D eigenvalue weighted by Gasteiger charge is -2.33. The molecule has 186 valence electrons. The highest BCUT2D eigenvalue weighted by Crippen LogP contribution is 2.25. The molecule has 0 aliphatic heterocycles. The number of rotatable bonds is 12. The molecule has 1 atom stereocenters. The number of amides is 2. The Morgan fingerprint density at radius 2 is 1.76 bits per heavy atom. The lowest BCUT2D eigenvalue weighted by Crippen LogP contribution is -2.52. The van der Waals surface area contributed by atoms with Gasteiger partial charge in [0, 0.05) is 18.1 Å². The van der Waals surface area contributed by atoms with Crippen LogP contribution in [0.15, 0.2) is 48.5 Å². The van der Waals surface area contributed by atoms with E-state index in [0.29, 0.717) is 23.7 Å². The van der Waals surface area contributed by atoms with Crippen LogP contribution in [0.2, 0.25) is 5.02 Å². The van der Waals surface area contributed by atoms with Crippen molar-refractivity contribution in [3.05, 3.63) is 64.7 Å². The average Bonchev–Trinajstić information content (AvgIpc) is 2.79. The molecule has 2 amide bonds. The second kappa shape index (κ2) is 12.8. The highest BCUT2D eigenvalue weighted by atomic mass is 35.5. The molecule has 9 heteroatoms. The number of carbonyl (C=O) groups excluding carboxylic acids is 2. The summed E-state index contributed by atoms with van der Waals surface area (Å²) in [6.45, 7) is 5.95. The van der Waals surface area contributed by atoms with Gasteiger partial charge in [-0.25, -0.2) is 8.42 Å². The molecule has 0 aliphatic carbocycles. The van der Waals surface area contributed by atoms with Gasteiger partial charge in [0.15, 0.2) is 0 Å². The maximum atomic E-state index is 13.6. The van der Waals surface area contributed by atoms with Crippen molar-refractivity contribution in [1.82, 2.24) is 10.2 Å². The molecule has 34 heavy (non-hydrogen) atoms. The SMILES string of the molecule is CCCCNC(=O)[C@H](CC)N(Cc1ccccc1)C(=O)CN(c1ccc(C)c(Cl)c1)S(C)(=O)=O. The zero-order chi connectivity index (χ0) is 25.3. The summed E-state index contributed by atoms with van der Waals surface area (Å²) in [7, 11) is -3.79. The maximum absolute atomic E-state index is 13.6. The minimum atomic E-state index is -3.79. The largest absolute Gasteiger partial charge is 0.354 e. The maximum Gasteiger partial charge on any atom is 0.244 e. The van der Waals surface area contributed by atoms with Crippen LogP contribution in [0.1, 0.15) is 44.2 Å². The second-order valence-corrected chi connectivity index (χ2v) is 10.6. The fourth-order valence-electron chi connectivity index (χ4n) is 3.56. The number of benzene rings is 2. The summed E-state index contributed by atoms with van der Waals surface area (Å²) < 4.78 is 26.3. The molecule has 0 bridgehead atoms. The number of sulfonamides is 1. The van der Waals surface area contributed by atoms with Gasteiger partial charge >= 0.3 is 0 Å². The lowest BCUT2D eigenvalue weighted by atomic mass is 10.1. The van der Waals surface area contributed by atoms with E-state index in [1.807, 2.05) is 51.1 Å². The first-order valence-corrected chi connectivity index (χ1v) is 13.7. The Morgan fingerprint density at radius 1 is 1.09 bits per heavy atom. The topological polar surface area (TPSA) is 86.8 Å². The van der Waals surface area contributed by atoms with E-state index < -0.39 is 28.5 Å². The summed E-state index contributed by atoms with van der Waals surface area (Å²) in [6, 6.07) is 13.5. The fraction of sp³-hybridized carbons (Fsp3) is 0.440. The molecule has 0 aromatic heterocycles. The van der Waals surface area contributed by atoms with E-state index in [4.69, 9.17) is 11.6 Å². The van der Waals surface area contributed by atoms with Gasteiger partial charge in [0.25, 0.3) is 0 Å². The van der Waals surface area contributed by atoms with Gasteiger partial charge in [-0.2, -0.15) is 0 Å². The molecule has 2 aromatic rings. The van der Waals surface area contributed by atoms with Gasteiger partial charge in [-0.1, -0.05) is 68.3 Å². The molecule has 0 saturated carbocycles. The third-order valence-corrected chi connectivity index (χ3v) is 7.08. The number of unbranched alkanes of at least 4 members (excludes halogenated alkanes) is 1. The van der Waals surface area contributed by atoms with E-state index >= 15 is 0 Å². The van der Waals surface area contributed by atoms with E-state index in [9.17, 15) is 18.0 Å². The number of nitrogens with zero attached hydrogens (tertiary/aromatic N) is 2. The van der Waals surface area contributed by atoms with Gasteiger partial charge in [-0.3, -0.25) is 13.9 Å². The van der Waals surface area contributed by atoms with Gasteiger partial charge < -0.3 is 10.2 Å². The van der Waals surface area contributed by atoms with Gasteiger partial charge in [-0.15, -0.1) is 0 Å². The van der Waals surface area contributed by atoms with E-state index in [0.717, 1.165) is 34.5 Å². The normalized spacial score (nSPS) is 12.1. The molecular weight excluding hydrogens is 474 g/mol. The third kappa shape index (κ3) is 7.74. The molecule has 2 aromatic carbocycles. The first-order chi connectivity index (χ1) is 16.1. The number of nitrogens with one attached hydrogen (secondary N) is 1. The molecule has 0 radical (unpaired) electrons. The molecule has 2 rings (SSSR count). The summed E-state index contributed by atoms with van der Waals surface area (Å²) in [5.74, 6) is -0.715. The predicted octanol–water partition coefficient (Wildman–Crippen LogP) is 4.14. The monoisotopic (exact) mass is 507 g/mol. The van der Waals surface area contributed by atoms with Crippen LogP contribution >= 0.6 is 11.6 Å². The Kier molecular flexibility index (Phi) is 10.4. The average molecular weight is 508 g/mol. The van der Waals surface area contributed by atoms with E-state index in [1.54, 1.807) is 12.1 Å². The highest BCUT2D eigenvalue weighted by Gasteiger charge is 2.31. The fourth-order valence-corrected chi connectivity index (χ4v) is 4.57. The Morgan fingerprint density at radius 3 is 2.32 bits per heavy atom. The van der Waals surface area contributed by atoms with E-state index in [2.05, 4.69) is 5.32 Å². The van der Waals surface area contributed by atoms with Crippen molar-refractivity contribution in [1.29, 1.82) is 0 Å². The van der Waals surface area contributed by atoms with Crippen LogP contribution < -0.4 is 9.62 Å². The van der Waals surface area contributed by atoms with Gasteiger partial charge in [-0.05, 0) is 43.0 Å². The highest BCUT2D eigenvalue weighted by molar-refractivity contribution is 7.92. The van der Waals surface area contributed by atoms with E-state index in [1.165, 1.54) is 11.0 Å². The quantitative estimate of drug-likeness (QED) is 0.437. The van der Waals surface area contributed by atoms with Crippen LogP contribution in [0.4, 0.5) is 5.69 Å². The Labute approximate surface area is 208 Å². The predicted molar refractivity (Wildman–Crippen MR) is 137 cm³/mol. The number of carbonyl (C=O) groups is 2.